The topological polar surface area (TPSA) is 80.5 Å². The van der Waals surface area contributed by atoms with Crippen LogP contribution in [0.4, 0.5) is 37.7 Å². The fourth-order valence-electron chi connectivity index (χ4n) is 4.65. The number of nitrogens with zero attached hydrogens (tertiary/aromatic N) is 2. The number of rotatable bonds is 7. The highest BCUT2D eigenvalue weighted by Crippen LogP contribution is 2.37. The van der Waals surface area contributed by atoms with Crippen LogP contribution in [0.15, 0.2) is 72.8 Å². The second-order valence-corrected chi connectivity index (χ2v) is 9.49. The molecule has 0 radical (unpaired) electrons. The predicted molar refractivity (Wildman–Crippen MR) is 139 cm³/mol. The summed E-state index contributed by atoms with van der Waals surface area (Å²) in [4.78, 5) is 38.3. The Hall–Kier alpha value is -4.48. The van der Waals surface area contributed by atoms with Gasteiger partial charge in [0, 0.05) is 36.2 Å². The van der Waals surface area contributed by atoms with Crippen molar-refractivity contribution in [1.82, 2.24) is 0 Å². The molecule has 1 aliphatic heterocycles. The first kappa shape index (κ1) is 29.5. The number of halogens is 6. The number of hydrogen-bond acceptors (Lipinski definition) is 5. The molecule has 0 amide bonds. The molecule has 41 heavy (non-hydrogen) atoms. The highest BCUT2D eigenvalue weighted by molar-refractivity contribution is 6.07. The van der Waals surface area contributed by atoms with Crippen LogP contribution < -0.4 is 4.90 Å². The van der Waals surface area contributed by atoms with Gasteiger partial charge in [0.05, 0.1) is 16.1 Å². The predicted octanol–water partition coefficient (Wildman–Crippen LogP) is 7.63. The van der Waals surface area contributed by atoms with Crippen molar-refractivity contribution in [1.29, 1.82) is 0 Å². The number of nitro benzene ring substituents is 1. The molecule has 12 heteroatoms. The van der Waals surface area contributed by atoms with Crippen molar-refractivity contribution in [2.75, 3.05) is 18.0 Å². The summed E-state index contributed by atoms with van der Waals surface area (Å²) in [6.45, 7) is 0.711. The second kappa shape index (κ2) is 11.6. The molecule has 0 N–H and O–H groups in total. The number of benzene rings is 3. The maximum Gasteiger partial charge on any atom is 0.416 e. The fraction of sp³-hybridized carbons (Fsp3) is 0.241. The van der Waals surface area contributed by atoms with Crippen LogP contribution >= 0.6 is 0 Å². The molecule has 0 atom stereocenters. The molecule has 0 spiro atoms. The van der Waals surface area contributed by atoms with E-state index in [4.69, 9.17) is 0 Å². The van der Waals surface area contributed by atoms with Crippen LogP contribution in [0.5, 0.6) is 0 Å². The molecular formula is C29H22F6N2O4. The number of piperidine rings is 1. The first-order valence-corrected chi connectivity index (χ1v) is 12.4. The van der Waals surface area contributed by atoms with Crippen molar-refractivity contribution in [3.8, 4) is 0 Å². The van der Waals surface area contributed by atoms with E-state index in [2.05, 4.69) is 0 Å². The maximum atomic E-state index is 13.1. The Balaban J connectivity index is 1.52. The van der Waals surface area contributed by atoms with Gasteiger partial charge in [0.25, 0.3) is 5.69 Å². The zero-order chi connectivity index (χ0) is 29.9. The van der Waals surface area contributed by atoms with Gasteiger partial charge in [0.1, 0.15) is 5.69 Å². The number of nitro groups is 1. The largest absolute Gasteiger partial charge is 0.416 e. The zero-order valence-corrected chi connectivity index (χ0v) is 21.2. The third-order valence-electron chi connectivity index (χ3n) is 6.76. The molecule has 1 saturated heterocycles. The van der Waals surface area contributed by atoms with Gasteiger partial charge in [-0.05, 0) is 54.8 Å². The Morgan fingerprint density at radius 1 is 0.829 bits per heavy atom. The Morgan fingerprint density at radius 2 is 1.41 bits per heavy atom. The van der Waals surface area contributed by atoms with Crippen LogP contribution in [0, 0.1) is 16.0 Å². The molecule has 1 aliphatic rings. The lowest BCUT2D eigenvalue weighted by atomic mass is 9.88. The lowest BCUT2D eigenvalue weighted by Gasteiger charge is -2.32. The van der Waals surface area contributed by atoms with Gasteiger partial charge in [0.2, 0.25) is 0 Å². The minimum absolute atomic E-state index is 0.00407. The second-order valence-electron chi connectivity index (χ2n) is 9.49. The van der Waals surface area contributed by atoms with E-state index < -0.39 is 45.4 Å². The van der Waals surface area contributed by atoms with Crippen molar-refractivity contribution in [2.45, 2.75) is 25.2 Å². The molecule has 4 rings (SSSR count). The number of Topliss-reactive ketones (excluding diaryl/α,β-unsaturated/α-hetero) is 1. The first-order valence-electron chi connectivity index (χ1n) is 12.4. The average Bonchev–Trinajstić information content (AvgIpc) is 2.94. The van der Waals surface area contributed by atoms with Gasteiger partial charge in [0.15, 0.2) is 11.6 Å². The Bertz CT molecular complexity index is 1460. The van der Waals surface area contributed by atoms with Crippen LogP contribution in [0.2, 0.25) is 0 Å². The summed E-state index contributed by atoms with van der Waals surface area (Å²) in [5.41, 5.74) is -3.33. The molecule has 0 aliphatic carbocycles. The fourth-order valence-corrected chi connectivity index (χ4v) is 4.65. The van der Waals surface area contributed by atoms with Gasteiger partial charge in [-0.3, -0.25) is 19.7 Å². The zero-order valence-electron chi connectivity index (χ0n) is 21.2. The van der Waals surface area contributed by atoms with Gasteiger partial charge in [-0.25, -0.2) is 0 Å². The SMILES string of the molecule is O=C(C=Cc1cc(C(F)(F)F)cc(C(F)(F)F)c1)c1ccc(N2CCC(C(=O)c3ccccc3)CC2)c([N+](=O)[O-])c1. The first-order chi connectivity index (χ1) is 19.2. The summed E-state index contributed by atoms with van der Waals surface area (Å²) < 4.78 is 78.6. The Kier molecular flexibility index (Phi) is 8.32. The third-order valence-corrected chi connectivity index (χ3v) is 6.76. The number of allylic oxidation sites excluding steroid dienone is 1. The highest BCUT2D eigenvalue weighted by Gasteiger charge is 2.36. The van der Waals surface area contributed by atoms with Crippen LogP contribution in [-0.2, 0) is 12.4 Å². The van der Waals surface area contributed by atoms with E-state index in [0.717, 1.165) is 18.2 Å². The van der Waals surface area contributed by atoms with Crippen molar-refractivity contribution in [3.63, 3.8) is 0 Å². The van der Waals surface area contributed by atoms with Gasteiger partial charge in [-0.15, -0.1) is 0 Å². The quantitative estimate of drug-likeness (QED) is 0.0950. The molecule has 6 nitrogen and oxygen atoms in total. The summed E-state index contributed by atoms with van der Waals surface area (Å²) in [6.07, 6.45) is -7.62. The van der Waals surface area contributed by atoms with E-state index in [1.165, 1.54) is 12.1 Å². The van der Waals surface area contributed by atoms with E-state index in [1.54, 1.807) is 35.2 Å². The van der Waals surface area contributed by atoms with Crippen LogP contribution in [0.1, 0.15) is 50.2 Å². The number of carbonyl (C=O) groups excluding carboxylic acids is 2. The standard InChI is InChI=1S/C29H22F6N2O4/c30-28(31,32)22-14-18(15-23(17-22)29(33,34)35)6-9-26(38)21-7-8-24(25(16-21)37(40)41)36-12-10-20(11-13-36)27(39)19-4-2-1-3-5-19/h1-9,14-17,20H,10-13H2. The number of carbonyl (C=O) groups is 2. The van der Waals surface area contributed by atoms with E-state index >= 15 is 0 Å². The summed E-state index contributed by atoms with van der Waals surface area (Å²) in [5.74, 6) is -1.10. The van der Waals surface area contributed by atoms with Crippen molar-refractivity contribution >= 4 is 29.0 Å². The maximum absolute atomic E-state index is 13.1. The van der Waals surface area contributed by atoms with E-state index in [-0.39, 0.29) is 29.0 Å². The molecule has 0 saturated carbocycles. The van der Waals surface area contributed by atoms with Gasteiger partial charge >= 0.3 is 12.4 Å². The molecule has 1 heterocycles. The number of ketones is 2. The minimum Gasteiger partial charge on any atom is -0.366 e. The van der Waals surface area contributed by atoms with E-state index in [0.29, 0.717) is 43.6 Å². The molecule has 0 aromatic heterocycles. The molecule has 0 unspecified atom stereocenters. The summed E-state index contributed by atoms with van der Waals surface area (Å²) in [5, 5.41) is 11.8. The number of anilines is 1. The van der Waals surface area contributed by atoms with Crippen molar-refractivity contribution < 1.29 is 40.9 Å². The number of hydrogen-bond donors (Lipinski definition) is 0. The Morgan fingerprint density at radius 3 is 1.95 bits per heavy atom. The van der Waals surface area contributed by atoms with Crippen molar-refractivity contribution in [2.24, 2.45) is 5.92 Å². The summed E-state index contributed by atoms with van der Waals surface area (Å²) in [6, 6.07) is 13.4. The molecular weight excluding hydrogens is 554 g/mol. The van der Waals surface area contributed by atoms with Crippen LogP contribution in [0.3, 0.4) is 0 Å². The average molecular weight is 576 g/mol. The normalized spacial score (nSPS) is 14.8. The molecule has 1 fully saturated rings. The third kappa shape index (κ3) is 7.00. The highest BCUT2D eigenvalue weighted by atomic mass is 19.4. The number of alkyl halides is 6. The van der Waals surface area contributed by atoms with Gasteiger partial charge in [-0.2, -0.15) is 26.3 Å². The molecule has 3 aromatic carbocycles. The minimum atomic E-state index is -5.05. The van der Waals surface area contributed by atoms with E-state index in [9.17, 15) is 46.0 Å². The molecule has 3 aromatic rings. The van der Waals surface area contributed by atoms with Gasteiger partial charge < -0.3 is 4.90 Å². The van der Waals surface area contributed by atoms with Gasteiger partial charge in [-0.1, -0.05) is 36.4 Å². The Labute approximate surface area is 230 Å². The lowest BCUT2D eigenvalue weighted by molar-refractivity contribution is -0.384. The van der Waals surface area contributed by atoms with E-state index in [1.807, 2.05) is 0 Å². The summed E-state index contributed by atoms with van der Waals surface area (Å²) in [7, 11) is 0. The lowest BCUT2D eigenvalue weighted by Crippen LogP contribution is -2.36. The van der Waals surface area contributed by atoms with Crippen molar-refractivity contribution in [3.05, 3.63) is 111 Å². The smallest absolute Gasteiger partial charge is 0.366 e. The monoisotopic (exact) mass is 576 g/mol. The summed E-state index contributed by atoms with van der Waals surface area (Å²) >= 11 is 0. The molecule has 0 bridgehead atoms. The van der Waals surface area contributed by atoms with Crippen LogP contribution in [-0.4, -0.2) is 29.6 Å². The van der Waals surface area contributed by atoms with Crippen LogP contribution in [0.25, 0.3) is 6.08 Å². The molecule has 214 valence electrons.